The van der Waals surface area contributed by atoms with E-state index < -0.39 is 11.9 Å². The Morgan fingerprint density at radius 1 is 1.12 bits per heavy atom. The highest BCUT2D eigenvalue weighted by atomic mass is 19.4. The number of pyridine rings is 1. The molecular weight excluding hydrogens is 329 g/mol. The van der Waals surface area contributed by atoms with Crippen LogP contribution < -0.4 is 0 Å². The largest absolute Gasteiger partial charge is 0.433 e. The van der Waals surface area contributed by atoms with Gasteiger partial charge in [-0.25, -0.2) is 4.98 Å². The molecule has 0 N–H and O–H groups in total. The van der Waals surface area contributed by atoms with Crippen LogP contribution in [0.2, 0.25) is 0 Å². The second-order valence-electron chi connectivity index (χ2n) is 7.20. The first kappa shape index (κ1) is 16.8. The van der Waals surface area contributed by atoms with Gasteiger partial charge in [0.05, 0.1) is 11.7 Å². The first-order chi connectivity index (χ1) is 11.9. The van der Waals surface area contributed by atoms with Crippen molar-refractivity contribution < 1.29 is 13.2 Å². The predicted octanol–water partition coefficient (Wildman–Crippen LogP) is 3.14. The van der Waals surface area contributed by atoms with Gasteiger partial charge in [-0.05, 0) is 44.6 Å². The monoisotopic (exact) mass is 352 g/mol. The maximum absolute atomic E-state index is 13.1. The fraction of sp³-hybridized carbons (Fsp3) is 0.611. The Bertz CT molecular complexity index is 775. The third kappa shape index (κ3) is 3.15. The van der Waals surface area contributed by atoms with Crippen molar-refractivity contribution in [2.24, 2.45) is 0 Å². The molecule has 0 aliphatic carbocycles. The van der Waals surface area contributed by atoms with Gasteiger partial charge in [-0.2, -0.15) is 13.2 Å². The Balaban J connectivity index is 1.75. The molecule has 0 amide bonds. The van der Waals surface area contributed by atoms with E-state index in [2.05, 4.69) is 19.4 Å². The minimum atomic E-state index is -4.40. The minimum absolute atomic E-state index is 0.698. The molecule has 4 nitrogen and oxygen atoms in total. The van der Waals surface area contributed by atoms with Crippen molar-refractivity contribution in [3.05, 3.63) is 29.2 Å². The van der Waals surface area contributed by atoms with Crippen molar-refractivity contribution in [1.29, 1.82) is 0 Å². The van der Waals surface area contributed by atoms with Gasteiger partial charge in [0, 0.05) is 43.7 Å². The van der Waals surface area contributed by atoms with Crippen molar-refractivity contribution >= 4 is 10.9 Å². The van der Waals surface area contributed by atoms with Crippen LogP contribution in [0.25, 0.3) is 10.9 Å². The number of fused-ring (bicyclic) bond motifs is 3. The topological polar surface area (TPSA) is 24.3 Å². The van der Waals surface area contributed by atoms with E-state index in [1.165, 1.54) is 30.8 Å². The van der Waals surface area contributed by atoms with Crippen molar-refractivity contribution in [3.63, 3.8) is 0 Å². The molecule has 0 bridgehead atoms. The molecule has 4 rings (SSSR count). The van der Waals surface area contributed by atoms with E-state index in [-0.39, 0.29) is 0 Å². The number of halogens is 3. The van der Waals surface area contributed by atoms with E-state index in [1.54, 1.807) is 0 Å². The van der Waals surface area contributed by atoms with Crippen LogP contribution in [0.1, 0.15) is 29.8 Å². The van der Waals surface area contributed by atoms with E-state index >= 15 is 0 Å². The van der Waals surface area contributed by atoms with Crippen molar-refractivity contribution in [2.75, 3.05) is 33.2 Å². The van der Waals surface area contributed by atoms with E-state index in [0.717, 1.165) is 50.2 Å². The first-order valence-electron chi connectivity index (χ1n) is 8.91. The minimum Gasteiger partial charge on any atom is -0.342 e. The van der Waals surface area contributed by atoms with Gasteiger partial charge < -0.3 is 14.4 Å². The van der Waals surface area contributed by atoms with E-state index in [4.69, 9.17) is 0 Å². The molecule has 0 aromatic carbocycles. The molecule has 0 radical (unpaired) electrons. The third-order valence-electron chi connectivity index (χ3n) is 5.46. The third-order valence-corrected chi connectivity index (χ3v) is 5.46. The maximum Gasteiger partial charge on any atom is 0.433 e. The average Bonchev–Trinajstić information content (AvgIpc) is 3.17. The summed E-state index contributed by atoms with van der Waals surface area (Å²) < 4.78 is 41.5. The molecule has 25 heavy (non-hydrogen) atoms. The highest BCUT2D eigenvalue weighted by molar-refractivity contribution is 5.85. The van der Waals surface area contributed by atoms with Crippen LogP contribution in [-0.2, 0) is 25.7 Å². The summed E-state index contributed by atoms with van der Waals surface area (Å²) in [5, 5.41) is 0.713. The smallest absolute Gasteiger partial charge is 0.342 e. The van der Waals surface area contributed by atoms with Crippen LogP contribution >= 0.6 is 0 Å². The lowest BCUT2D eigenvalue weighted by molar-refractivity contribution is -0.141. The van der Waals surface area contributed by atoms with Crippen molar-refractivity contribution in [3.8, 4) is 0 Å². The number of hydrogen-bond donors (Lipinski definition) is 0. The SMILES string of the molecule is CN1CCc2c(c3cc(C(F)(F)F)ncc3n2CCN2CCCC2)C1. The summed E-state index contributed by atoms with van der Waals surface area (Å²) in [4.78, 5) is 8.31. The lowest BCUT2D eigenvalue weighted by atomic mass is 10.0. The van der Waals surface area contributed by atoms with Crippen LogP contribution in [0.4, 0.5) is 13.2 Å². The molecule has 0 saturated carbocycles. The highest BCUT2D eigenvalue weighted by Crippen LogP contribution is 2.35. The number of nitrogens with zero attached hydrogens (tertiary/aromatic N) is 4. The molecule has 1 fully saturated rings. The van der Waals surface area contributed by atoms with Crippen LogP contribution in [0, 0.1) is 0 Å². The molecule has 0 atom stereocenters. The number of likely N-dealkylation sites (tertiary alicyclic amines) is 1. The summed E-state index contributed by atoms with van der Waals surface area (Å²) in [6, 6.07) is 1.24. The van der Waals surface area contributed by atoms with Crippen LogP contribution in [0.15, 0.2) is 12.3 Å². The summed E-state index contributed by atoms with van der Waals surface area (Å²) in [6.45, 7) is 5.66. The number of hydrogen-bond acceptors (Lipinski definition) is 3. The van der Waals surface area contributed by atoms with Gasteiger partial charge in [0.15, 0.2) is 0 Å². The zero-order chi connectivity index (χ0) is 17.6. The number of aromatic nitrogens is 2. The van der Waals surface area contributed by atoms with Gasteiger partial charge >= 0.3 is 6.18 Å². The zero-order valence-electron chi connectivity index (χ0n) is 14.4. The molecule has 1 saturated heterocycles. The van der Waals surface area contributed by atoms with Crippen molar-refractivity contribution in [2.45, 2.75) is 38.5 Å². The fourth-order valence-corrected chi connectivity index (χ4v) is 4.13. The summed E-state index contributed by atoms with van der Waals surface area (Å²) >= 11 is 0. The molecule has 2 aliphatic rings. The highest BCUT2D eigenvalue weighted by Gasteiger charge is 2.34. The van der Waals surface area contributed by atoms with Gasteiger partial charge in [-0.1, -0.05) is 0 Å². The Morgan fingerprint density at radius 2 is 1.88 bits per heavy atom. The van der Waals surface area contributed by atoms with Crippen LogP contribution in [0.3, 0.4) is 0 Å². The Hall–Kier alpha value is -1.60. The lowest BCUT2D eigenvalue weighted by Crippen LogP contribution is -2.29. The standard InChI is InChI=1S/C18H23F3N4/c1-23-7-4-15-14(12-23)13-10-17(18(19,20)21)22-11-16(13)25(15)9-8-24-5-2-3-6-24/h10-11H,2-9,12H2,1H3. The molecule has 2 aromatic rings. The molecular formula is C18H23F3N4. The number of alkyl halides is 3. The first-order valence-corrected chi connectivity index (χ1v) is 8.91. The second-order valence-corrected chi connectivity index (χ2v) is 7.20. The van der Waals surface area contributed by atoms with Crippen LogP contribution in [-0.4, -0.2) is 52.6 Å². The molecule has 7 heteroatoms. The van der Waals surface area contributed by atoms with Crippen molar-refractivity contribution in [1.82, 2.24) is 19.4 Å². The molecule has 136 valence electrons. The van der Waals surface area contributed by atoms with Gasteiger partial charge in [0.25, 0.3) is 0 Å². The fourth-order valence-electron chi connectivity index (χ4n) is 4.13. The predicted molar refractivity (Wildman–Crippen MR) is 90.4 cm³/mol. The van der Waals surface area contributed by atoms with Gasteiger partial charge in [-0.3, -0.25) is 0 Å². The Morgan fingerprint density at radius 3 is 2.60 bits per heavy atom. The van der Waals surface area contributed by atoms with Gasteiger partial charge in [-0.15, -0.1) is 0 Å². The number of likely N-dealkylation sites (N-methyl/N-ethyl adjacent to an activating group) is 1. The Labute approximate surface area is 145 Å². The van der Waals surface area contributed by atoms with E-state index in [0.29, 0.717) is 11.9 Å². The summed E-state index contributed by atoms with van der Waals surface area (Å²) in [5.74, 6) is 0. The molecule has 4 heterocycles. The van der Waals surface area contributed by atoms with E-state index in [9.17, 15) is 13.2 Å². The molecule has 0 spiro atoms. The molecule has 2 aliphatic heterocycles. The summed E-state index contributed by atoms with van der Waals surface area (Å²) in [5.41, 5.74) is 2.27. The summed E-state index contributed by atoms with van der Waals surface area (Å²) in [7, 11) is 2.02. The molecule has 2 aromatic heterocycles. The van der Waals surface area contributed by atoms with Crippen LogP contribution in [0.5, 0.6) is 0 Å². The number of rotatable bonds is 3. The summed E-state index contributed by atoms with van der Waals surface area (Å²) in [6.07, 6.45) is 0.374. The average molecular weight is 352 g/mol. The van der Waals surface area contributed by atoms with E-state index in [1.807, 2.05) is 7.05 Å². The normalized spacial score (nSPS) is 19.7. The maximum atomic E-state index is 13.1. The lowest BCUT2D eigenvalue weighted by Gasteiger charge is -2.25. The zero-order valence-corrected chi connectivity index (χ0v) is 14.4. The molecule has 0 unspecified atom stereocenters. The second kappa shape index (κ2) is 6.29. The Kier molecular flexibility index (Phi) is 4.24. The quantitative estimate of drug-likeness (QED) is 0.848. The van der Waals surface area contributed by atoms with Gasteiger partial charge in [0.1, 0.15) is 5.69 Å². The van der Waals surface area contributed by atoms with Gasteiger partial charge in [0.2, 0.25) is 0 Å².